The van der Waals surface area contributed by atoms with Crippen molar-refractivity contribution in [2.75, 3.05) is 18.0 Å². The van der Waals surface area contributed by atoms with E-state index < -0.39 is 0 Å². The molecule has 2 aromatic carbocycles. The highest BCUT2D eigenvalue weighted by Crippen LogP contribution is 2.48. The van der Waals surface area contributed by atoms with E-state index in [9.17, 15) is 0 Å². The number of nitrogens with zero attached hydrogens (tertiary/aromatic N) is 6. The van der Waals surface area contributed by atoms with Gasteiger partial charge in [0.2, 0.25) is 5.69 Å². The number of pyridine rings is 1. The maximum absolute atomic E-state index is 4.75. The molecule has 49 heavy (non-hydrogen) atoms. The minimum absolute atomic E-state index is 0.0900. The number of aromatic nitrogens is 4. The van der Waals surface area contributed by atoms with E-state index >= 15 is 0 Å². The molecule has 7 rings (SSSR count). The minimum atomic E-state index is -0.0900. The van der Waals surface area contributed by atoms with Crippen LogP contribution in [0.1, 0.15) is 84.8 Å². The average Bonchev–Trinajstić information content (AvgIpc) is 3.74. The monoisotopic (exact) mass is 649 g/mol. The van der Waals surface area contributed by atoms with Gasteiger partial charge in [-0.25, -0.2) is 4.68 Å². The molecule has 4 aromatic rings. The molecule has 0 N–H and O–H groups in total. The summed E-state index contributed by atoms with van der Waals surface area (Å²) >= 11 is 0. The van der Waals surface area contributed by atoms with Gasteiger partial charge in [0.1, 0.15) is 12.2 Å². The van der Waals surface area contributed by atoms with Crippen molar-refractivity contribution >= 4 is 22.8 Å². The van der Waals surface area contributed by atoms with Crippen molar-refractivity contribution < 1.29 is 4.58 Å². The van der Waals surface area contributed by atoms with E-state index in [4.69, 9.17) is 5.21 Å². The van der Waals surface area contributed by atoms with Gasteiger partial charge in [0.05, 0.1) is 17.3 Å². The molecule has 0 amide bonds. The number of anilines is 1. The number of para-hydroxylation sites is 2. The van der Waals surface area contributed by atoms with E-state index in [0.29, 0.717) is 0 Å². The summed E-state index contributed by atoms with van der Waals surface area (Å²) < 4.78 is 4.53. The number of hydrogen-bond acceptors (Lipinski definition) is 4. The van der Waals surface area contributed by atoms with Crippen LogP contribution in [-0.4, -0.2) is 43.4 Å². The van der Waals surface area contributed by atoms with E-state index in [-0.39, 0.29) is 10.8 Å². The SMILES string of the molecule is CCCN1/C(=C/C=C2\CCCC(/C=C/C3=[N+](CCC)c4ccccc4C3(C)C)=C2n2cc(-c3cccnc3)nn2)C(C)(C)c2ccccc21. The van der Waals surface area contributed by atoms with E-state index in [1.54, 1.807) is 6.20 Å². The third-order valence-corrected chi connectivity index (χ3v) is 10.6. The average molecular weight is 650 g/mol. The third kappa shape index (κ3) is 5.81. The summed E-state index contributed by atoms with van der Waals surface area (Å²) in [7, 11) is 0. The Labute approximate surface area is 291 Å². The van der Waals surface area contributed by atoms with Gasteiger partial charge in [-0.2, -0.15) is 4.58 Å². The topological polar surface area (TPSA) is 49.9 Å². The lowest BCUT2D eigenvalue weighted by Gasteiger charge is -2.27. The Bertz CT molecular complexity index is 2020. The molecule has 1 aliphatic carbocycles. The first-order chi connectivity index (χ1) is 23.8. The predicted octanol–water partition coefficient (Wildman–Crippen LogP) is 9.80. The molecule has 2 aromatic heterocycles. The molecule has 0 bridgehead atoms. The smallest absolute Gasteiger partial charge is 0.209 e. The highest BCUT2D eigenvalue weighted by Gasteiger charge is 2.44. The van der Waals surface area contributed by atoms with Gasteiger partial charge >= 0.3 is 0 Å². The van der Waals surface area contributed by atoms with Crippen LogP contribution in [0.4, 0.5) is 11.4 Å². The van der Waals surface area contributed by atoms with Crippen molar-refractivity contribution in [2.45, 2.75) is 84.5 Å². The molecular formula is C43H49N6+. The number of fused-ring (bicyclic) bond motifs is 2. The molecule has 6 nitrogen and oxygen atoms in total. The summed E-state index contributed by atoms with van der Waals surface area (Å²) in [5.41, 5.74) is 13.4. The standard InChI is InChI=1S/C43H49N6/c1-7-27-47-37-20-11-9-18-34(37)42(3,4)39(47)24-22-31-15-13-16-32(41(31)49-30-36(45-46-49)33-17-14-26-44-29-33)23-25-40-43(5,6)35-19-10-12-21-38(35)48(40)28-8-2/h9-12,14,17-26,29-30H,7-8,13,15-16,27-28H2,1-6H3/q+1. The first-order valence-electron chi connectivity index (χ1n) is 18.0. The molecular weight excluding hydrogens is 601 g/mol. The van der Waals surface area contributed by atoms with Crippen LogP contribution in [0.2, 0.25) is 0 Å². The molecule has 4 heterocycles. The van der Waals surface area contributed by atoms with Gasteiger partial charge in [-0.3, -0.25) is 4.98 Å². The Balaban J connectivity index is 1.36. The summed E-state index contributed by atoms with van der Waals surface area (Å²) in [6.07, 6.45) is 20.4. The molecule has 0 saturated heterocycles. The first-order valence-corrected chi connectivity index (χ1v) is 18.0. The van der Waals surface area contributed by atoms with Gasteiger partial charge in [0.25, 0.3) is 0 Å². The highest BCUT2D eigenvalue weighted by atomic mass is 15.4. The largest absolute Gasteiger partial charge is 0.344 e. The van der Waals surface area contributed by atoms with Crippen LogP contribution in [0.3, 0.4) is 0 Å². The van der Waals surface area contributed by atoms with Gasteiger partial charge in [0, 0.05) is 65.4 Å². The Morgan fingerprint density at radius 2 is 1.63 bits per heavy atom. The van der Waals surface area contributed by atoms with Crippen molar-refractivity contribution in [1.29, 1.82) is 0 Å². The number of benzene rings is 2. The van der Waals surface area contributed by atoms with Crippen molar-refractivity contribution in [3.05, 3.63) is 132 Å². The maximum atomic E-state index is 4.75. The van der Waals surface area contributed by atoms with E-state index in [1.165, 1.54) is 45.1 Å². The molecule has 0 atom stereocenters. The Morgan fingerprint density at radius 3 is 2.41 bits per heavy atom. The van der Waals surface area contributed by atoms with Crippen LogP contribution in [-0.2, 0) is 10.8 Å². The second-order valence-corrected chi connectivity index (χ2v) is 14.6. The van der Waals surface area contributed by atoms with Crippen molar-refractivity contribution in [3.63, 3.8) is 0 Å². The van der Waals surface area contributed by atoms with Crippen molar-refractivity contribution in [3.8, 4) is 11.3 Å². The van der Waals surface area contributed by atoms with E-state index in [2.05, 4.69) is 140 Å². The van der Waals surface area contributed by atoms with Crippen LogP contribution in [0.25, 0.3) is 17.0 Å². The van der Waals surface area contributed by atoms with Gasteiger partial charge < -0.3 is 4.90 Å². The second kappa shape index (κ2) is 13.2. The molecule has 0 saturated carbocycles. The summed E-state index contributed by atoms with van der Waals surface area (Å²) in [4.78, 5) is 6.86. The molecule has 6 heteroatoms. The Hall–Kier alpha value is -4.84. The Morgan fingerprint density at radius 1 is 0.837 bits per heavy atom. The number of rotatable bonds is 9. The molecule has 0 unspecified atom stereocenters. The summed E-state index contributed by atoms with van der Waals surface area (Å²) in [5.74, 6) is 0. The predicted molar refractivity (Wildman–Crippen MR) is 202 cm³/mol. The lowest BCUT2D eigenvalue weighted by molar-refractivity contribution is -0.437. The van der Waals surface area contributed by atoms with Crippen LogP contribution in [0.5, 0.6) is 0 Å². The zero-order valence-electron chi connectivity index (χ0n) is 29.9. The number of hydrogen-bond donors (Lipinski definition) is 0. The zero-order valence-corrected chi connectivity index (χ0v) is 29.9. The quantitative estimate of drug-likeness (QED) is 0.169. The fourth-order valence-corrected chi connectivity index (χ4v) is 8.12. The van der Waals surface area contributed by atoms with E-state index in [0.717, 1.165) is 62.1 Å². The van der Waals surface area contributed by atoms with Crippen LogP contribution >= 0.6 is 0 Å². The third-order valence-electron chi connectivity index (χ3n) is 10.6. The van der Waals surface area contributed by atoms with Gasteiger partial charge in [-0.15, -0.1) is 5.10 Å². The van der Waals surface area contributed by atoms with Crippen LogP contribution < -0.4 is 4.90 Å². The normalized spacial score (nSPS) is 19.8. The van der Waals surface area contributed by atoms with Crippen molar-refractivity contribution in [2.24, 2.45) is 0 Å². The second-order valence-electron chi connectivity index (χ2n) is 14.6. The number of allylic oxidation sites excluding steroid dienone is 8. The summed E-state index contributed by atoms with van der Waals surface area (Å²) in [5, 5.41) is 9.37. The lowest BCUT2D eigenvalue weighted by Crippen LogP contribution is -2.28. The van der Waals surface area contributed by atoms with Crippen LogP contribution in [0.15, 0.2) is 120 Å². The first kappa shape index (κ1) is 32.7. The molecule has 3 aliphatic rings. The van der Waals surface area contributed by atoms with Gasteiger partial charge in [-0.05, 0) is 80.5 Å². The van der Waals surface area contributed by atoms with Crippen LogP contribution in [0, 0.1) is 0 Å². The lowest BCUT2D eigenvalue weighted by atomic mass is 9.81. The van der Waals surface area contributed by atoms with Gasteiger partial charge in [-0.1, -0.05) is 81.5 Å². The minimum Gasteiger partial charge on any atom is -0.344 e. The highest BCUT2D eigenvalue weighted by molar-refractivity contribution is 6.03. The molecule has 0 fully saturated rings. The zero-order chi connectivity index (χ0) is 34.2. The summed E-state index contributed by atoms with van der Waals surface area (Å²) in [6.45, 7) is 15.9. The summed E-state index contributed by atoms with van der Waals surface area (Å²) in [6, 6.07) is 21.8. The molecule has 0 spiro atoms. The fourth-order valence-electron chi connectivity index (χ4n) is 8.12. The Kier molecular flexibility index (Phi) is 8.82. The van der Waals surface area contributed by atoms with Gasteiger partial charge in [0.15, 0.2) is 5.71 Å². The fraction of sp³-hybridized carbons (Fsp3) is 0.349. The molecule has 0 radical (unpaired) electrons. The molecule has 2 aliphatic heterocycles. The van der Waals surface area contributed by atoms with Crippen molar-refractivity contribution in [1.82, 2.24) is 20.0 Å². The maximum Gasteiger partial charge on any atom is 0.209 e. The van der Waals surface area contributed by atoms with E-state index in [1.807, 2.05) is 23.0 Å². The molecule has 250 valence electrons.